The smallest absolute Gasteiger partial charge is 0.288 e. The fraction of sp³-hybridized carbons (Fsp3) is 0.417. The van der Waals surface area contributed by atoms with Gasteiger partial charge in [0.05, 0.1) is 0 Å². The molecule has 3 aliphatic rings. The Kier molecular flexibility index (Phi) is 12.7. The van der Waals surface area contributed by atoms with E-state index in [1.165, 1.54) is 51.0 Å². The number of ether oxygens (including phenoxy) is 2. The molecule has 0 aromatic heterocycles. The molecular formula is C48H58N6O8. The molecule has 14 nitrogen and oxygen atoms in total. The van der Waals surface area contributed by atoms with Crippen molar-refractivity contribution >= 4 is 35.0 Å². The number of anilines is 2. The van der Waals surface area contributed by atoms with Gasteiger partial charge in [-0.3, -0.25) is 23.9 Å². The lowest BCUT2D eigenvalue weighted by Crippen LogP contribution is -2.61. The highest BCUT2D eigenvalue weighted by Gasteiger charge is 2.73. The van der Waals surface area contributed by atoms with Crippen LogP contribution in [0, 0.1) is 0 Å². The number of aliphatic hydroxyl groups is 2. The van der Waals surface area contributed by atoms with Gasteiger partial charge in [0.15, 0.2) is 0 Å². The molecule has 0 unspecified atom stereocenters. The van der Waals surface area contributed by atoms with Gasteiger partial charge in [0, 0.05) is 61.8 Å². The number of piperidine rings is 2. The van der Waals surface area contributed by atoms with Crippen molar-refractivity contribution in [3.8, 4) is 0 Å². The van der Waals surface area contributed by atoms with Gasteiger partial charge < -0.3 is 46.9 Å². The zero-order valence-corrected chi connectivity index (χ0v) is 35.9. The molecule has 0 saturated carbocycles. The summed E-state index contributed by atoms with van der Waals surface area (Å²) in [6, 6.07) is 29.2. The minimum absolute atomic E-state index is 0.193. The third-order valence-electron chi connectivity index (χ3n) is 12.5. The van der Waals surface area contributed by atoms with E-state index >= 15 is 0 Å². The minimum Gasteiger partial charge on any atom is -0.384 e. The second-order valence-corrected chi connectivity index (χ2v) is 17.6. The number of carbonyl (C=O) groups excluding carboxylic acids is 4. The Morgan fingerprint density at radius 3 is 1.50 bits per heavy atom. The first-order valence-electron chi connectivity index (χ1n) is 21.3. The molecule has 4 aromatic carbocycles. The number of hydrogen-bond donors (Lipinski definition) is 6. The minimum atomic E-state index is -2.82. The maximum Gasteiger partial charge on any atom is 0.288 e. The molecule has 62 heavy (non-hydrogen) atoms. The Hall–Kier alpha value is -5.48. The molecule has 328 valence electrons. The van der Waals surface area contributed by atoms with Crippen molar-refractivity contribution in [1.82, 2.24) is 9.80 Å². The van der Waals surface area contributed by atoms with E-state index in [1.54, 1.807) is 46.2 Å². The van der Waals surface area contributed by atoms with Crippen LogP contribution in [-0.2, 0) is 32.2 Å². The van der Waals surface area contributed by atoms with Crippen LogP contribution in [0.3, 0.4) is 0 Å². The Bertz CT molecular complexity index is 2310. The average molecular weight is 847 g/mol. The van der Waals surface area contributed by atoms with Crippen LogP contribution in [0.1, 0.15) is 108 Å². The monoisotopic (exact) mass is 846 g/mol. The van der Waals surface area contributed by atoms with Crippen LogP contribution < -0.4 is 22.1 Å². The lowest BCUT2D eigenvalue weighted by Gasteiger charge is -2.37. The average Bonchev–Trinajstić information content (AvgIpc) is 3.52. The van der Waals surface area contributed by atoms with E-state index in [-0.39, 0.29) is 23.2 Å². The van der Waals surface area contributed by atoms with Crippen LogP contribution >= 0.6 is 0 Å². The van der Waals surface area contributed by atoms with Gasteiger partial charge in [-0.25, -0.2) is 0 Å². The van der Waals surface area contributed by atoms with Crippen molar-refractivity contribution in [3.05, 3.63) is 130 Å². The van der Waals surface area contributed by atoms with Crippen molar-refractivity contribution in [3.63, 3.8) is 0 Å². The molecule has 3 aliphatic heterocycles. The number of carbonyl (C=O) groups is 4. The van der Waals surface area contributed by atoms with E-state index < -0.39 is 34.6 Å². The van der Waals surface area contributed by atoms with E-state index in [0.717, 1.165) is 36.8 Å². The number of nitrogens with zero attached hydrogens (tertiary/aromatic N) is 2. The van der Waals surface area contributed by atoms with Crippen LogP contribution in [0.2, 0.25) is 0 Å². The number of rotatable bonds is 11. The van der Waals surface area contributed by atoms with E-state index in [2.05, 4.69) is 34.9 Å². The predicted molar refractivity (Wildman–Crippen MR) is 235 cm³/mol. The topological polar surface area (TPSA) is 210 Å². The van der Waals surface area contributed by atoms with Crippen molar-refractivity contribution in [2.45, 2.75) is 101 Å². The van der Waals surface area contributed by atoms with Crippen LogP contribution in [-0.4, -0.2) is 92.6 Å². The molecular weight excluding hydrogens is 789 g/mol. The molecule has 4 amide bonds. The summed E-state index contributed by atoms with van der Waals surface area (Å²) < 4.78 is 12.0. The lowest BCUT2D eigenvalue weighted by molar-refractivity contribution is -0.279. The van der Waals surface area contributed by atoms with E-state index in [4.69, 9.17) is 20.9 Å². The van der Waals surface area contributed by atoms with Gasteiger partial charge in [0.1, 0.15) is 11.2 Å². The largest absolute Gasteiger partial charge is 0.384 e. The van der Waals surface area contributed by atoms with Gasteiger partial charge in [-0.15, -0.1) is 0 Å². The fourth-order valence-corrected chi connectivity index (χ4v) is 8.75. The van der Waals surface area contributed by atoms with Crippen LogP contribution in [0.5, 0.6) is 0 Å². The maximum atomic E-state index is 14.2. The zero-order valence-electron chi connectivity index (χ0n) is 35.9. The molecule has 4 aromatic rings. The summed E-state index contributed by atoms with van der Waals surface area (Å²) in [6.07, 6.45) is 3.17. The van der Waals surface area contributed by atoms with Crippen LogP contribution in [0.4, 0.5) is 11.4 Å². The molecule has 2 atom stereocenters. The Morgan fingerprint density at radius 1 is 0.661 bits per heavy atom. The number of benzene rings is 4. The molecule has 0 spiro atoms. The number of nitrogens with two attached hydrogens (primary N) is 2. The first kappa shape index (κ1) is 44.6. The van der Waals surface area contributed by atoms with Crippen LogP contribution in [0.25, 0.3) is 0 Å². The summed E-state index contributed by atoms with van der Waals surface area (Å²) in [7, 11) is 0. The van der Waals surface area contributed by atoms with Crippen molar-refractivity contribution in [2.24, 2.45) is 11.5 Å². The third-order valence-corrected chi connectivity index (χ3v) is 12.5. The highest BCUT2D eigenvalue weighted by molar-refractivity contribution is 6.03. The second-order valence-electron chi connectivity index (χ2n) is 17.6. The van der Waals surface area contributed by atoms with Crippen molar-refractivity contribution in [1.29, 1.82) is 0 Å². The Labute approximate surface area is 362 Å². The summed E-state index contributed by atoms with van der Waals surface area (Å²) in [4.78, 5) is 59.1. The molecule has 0 radical (unpaired) electrons. The molecule has 14 heteroatoms. The highest BCUT2D eigenvalue weighted by atomic mass is 16.8. The Morgan fingerprint density at radius 2 is 1.08 bits per heavy atom. The first-order chi connectivity index (χ1) is 29.5. The second kappa shape index (κ2) is 17.7. The van der Waals surface area contributed by atoms with E-state index in [1.807, 2.05) is 24.3 Å². The highest BCUT2D eigenvalue weighted by Crippen LogP contribution is 2.48. The van der Waals surface area contributed by atoms with Gasteiger partial charge in [-0.2, -0.15) is 0 Å². The molecule has 0 bridgehead atoms. The van der Waals surface area contributed by atoms with Crippen molar-refractivity contribution in [2.75, 3.05) is 36.8 Å². The molecule has 3 saturated heterocycles. The molecule has 3 heterocycles. The number of likely N-dealkylation sites (tertiary alicyclic amines) is 2. The summed E-state index contributed by atoms with van der Waals surface area (Å²) in [6.45, 7) is 8.39. The molecule has 7 rings (SSSR count). The van der Waals surface area contributed by atoms with Gasteiger partial charge in [-0.1, -0.05) is 60.7 Å². The van der Waals surface area contributed by atoms with Gasteiger partial charge >= 0.3 is 0 Å². The summed E-state index contributed by atoms with van der Waals surface area (Å²) in [5.41, 5.74) is 13.3. The van der Waals surface area contributed by atoms with E-state index in [0.29, 0.717) is 62.2 Å². The summed E-state index contributed by atoms with van der Waals surface area (Å²) in [5, 5.41) is 28.8. The first-order valence-corrected chi connectivity index (χ1v) is 21.3. The van der Waals surface area contributed by atoms with E-state index in [9.17, 15) is 29.4 Å². The fourth-order valence-electron chi connectivity index (χ4n) is 8.75. The molecule has 3 fully saturated rings. The summed E-state index contributed by atoms with van der Waals surface area (Å²) in [5.74, 6) is -7.31. The molecule has 8 N–H and O–H groups in total. The van der Waals surface area contributed by atoms with Crippen molar-refractivity contribution < 1.29 is 38.9 Å². The molecule has 0 aliphatic carbocycles. The van der Waals surface area contributed by atoms with Gasteiger partial charge in [0.25, 0.3) is 35.2 Å². The maximum absolute atomic E-state index is 14.2. The quantitative estimate of drug-likeness (QED) is 0.116. The van der Waals surface area contributed by atoms with Crippen LogP contribution in [0.15, 0.2) is 97.1 Å². The predicted octanol–water partition coefficient (Wildman–Crippen LogP) is 5.20. The standard InChI is InChI=1S/C48H58N6O8/c1-45(2,59)48(44(58)52-40-16-8-14-38(28-40)42(56)54-23-19-34(20-24-54)36-12-6-10-32(26-36)30-50)61-46(3,4)47(60,62-48)43(57)51-39-15-7-13-37(27-39)41(55)53-21-17-33(18-22-53)35-11-5-9-31(25-35)29-49/h5-16,25-28,33-34,59-60H,17-24,29-30,49-50H2,1-4H3,(H,51,57)(H,52,58)/t47-,48+/m1/s1. The SMILES string of the molecule is CC(C)(O)[C@@]1(C(=O)Nc2cccc(C(=O)N3CCC(c4cccc(CN)c4)CC3)c2)OC(C)(C)[C@@](O)(C(=O)Nc2cccc(C(=O)N3CCC(c4cccc(CN)c4)CC3)c2)O1. The lowest BCUT2D eigenvalue weighted by atomic mass is 9.88. The Balaban J connectivity index is 1.01. The number of hydrogen-bond acceptors (Lipinski definition) is 10. The zero-order chi connectivity index (χ0) is 44.5. The summed E-state index contributed by atoms with van der Waals surface area (Å²) >= 11 is 0. The normalized spacial score (nSPS) is 22.0. The van der Waals surface area contributed by atoms with Gasteiger partial charge in [-0.05, 0) is 124 Å². The number of nitrogens with one attached hydrogen (secondary N) is 2. The number of amides is 4. The third kappa shape index (κ3) is 8.89. The van der Waals surface area contributed by atoms with Gasteiger partial charge in [0.2, 0.25) is 0 Å².